The molecular weight excluding hydrogens is 308 g/mol. The van der Waals surface area contributed by atoms with E-state index in [1.165, 1.54) is 26.3 Å². The molecule has 0 spiro atoms. The van der Waals surface area contributed by atoms with Gasteiger partial charge in [0.15, 0.2) is 0 Å². The van der Waals surface area contributed by atoms with Crippen LogP contribution in [0.4, 0.5) is 20.2 Å². The molecule has 2 rings (SSSR count). The van der Waals surface area contributed by atoms with Crippen molar-refractivity contribution in [2.75, 3.05) is 12.4 Å². The highest BCUT2D eigenvalue weighted by Gasteiger charge is 2.21. The van der Waals surface area contributed by atoms with E-state index in [0.717, 1.165) is 10.8 Å². The lowest BCUT2D eigenvalue weighted by atomic mass is 10.1. The standard InChI is InChI=1S/C15H15F2N3O3/c1-8-4-5-11(10(16)6-8)18-13-9(14(21)19-23-3)7-20(2)15(22)12(13)17/h4-7,18H,1-3H3,(H,19,21). The maximum Gasteiger partial charge on any atom is 0.288 e. The lowest BCUT2D eigenvalue weighted by molar-refractivity contribution is 0.0537. The van der Waals surface area contributed by atoms with Crippen molar-refractivity contribution < 1.29 is 18.4 Å². The Morgan fingerprint density at radius 1 is 1.30 bits per heavy atom. The van der Waals surface area contributed by atoms with E-state index in [1.54, 1.807) is 13.0 Å². The van der Waals surface area contributed by atoms with Gasteiger partial charge in [-0.15, -0.1) is 0 Å². The minimum Gasteiger partial charge on any atom is -0.350 e. The average Bonchev–Trinajstić information content (AvgIpc) is 2.50. The Hall–Kier alpha value is -2.74. The highest BCUT2D eigenvalue weighted by Crippen LogP contribution is 2.25. The normalized spacial score (nSPS) is 10.5. The monoisotopic (exact) mass is 323 g/mol. The maximum absolute atomic E-state index is 14.3. The van der Waals surface area contributed by atoms with Gasteiger partial charge < -0.3 is 9.88 Å². The van der Waals surface area contributed by atoms with Crippen LogP contribution in [0.15, 0.2) is 29.2 Å². The number of aromatic nitrogens is 1. The molecule has 0 saturated carbocycles. The number of aryl methyl sites for hydroxylation is 2. The molecule has 1 heterocycles. The fraction of sp³-hybridized carbons (Fsp3) is 0.200. The quantitative estimate of drug-likeness (QED) is 0.844. The molecule has 6 nitrogen and oxygen atoms in total. The summed E-state index contributed by atoms with van der Waals surface area (Å²) in [7, 11) is 2.51. The summed E-state index contributed by atoms with van der Waals surface area (Å²) in [5.74, 6) is -2.61. The second-order valence-electron chi connectivity index (χ2n) is 4.89. The molecule has 0 radical (unpaired) electrons. The van der Waals surface area contributed by atoms with Crippen LogP contribution in [0.5, 0.6) is 0 Å². The zero-order valence-electron chi connectivity index (χ0n) is 12.7. The third-order valence-electron chi connectivity index (χ3n) is 3.14. The fourth-order valence-electron chi connectivity index (χ4n) is 2.00. The highest BCUT2D eigenvalue weighted by molar-refractivity contribution is 5.99. The summed E-state index contributed by atoms with van der Waals surface area (Å²) in [4.78, 5) is 28.2. The third-order valence-corrected chi connectivity index (χ3v) is 3.14. The summed E-state index contributed by atoms with van der Waals surface area (Å²) in [6.07, 6.45) is 1.13. The summed E-state index contributed by atoms with van der Waals surface area (Å²) in [5.41, 5.74) is 1.07. The van der Waals surface area contributed by atoms with Gasteiger partial charge in [0.1, 0.15) is 5.82 Å². The van der Waals surface area contributed by atoms with E-state index < -0.39 is 28.8 Å². The number of nitrogens with one attached hydrogen (secondary N) is 2. The van der Waals surface area contributed by atoms with Crippen LogP contribution in [-0.2, 0) is 11.9 Å². The minimum absolute atomic E-state index is 0.0609. The molecule has 0 bridgehead atoms. The summed E-state index contributed by atoms with van der Waals surface area (Å²) in [5, 5.41) is 2.46. The van der Waals surface area contributed by atoms with Gasteiger partial charge >= 0.3 is 0 Å². The molecule has 0 aliphatic carbocycles. The van der Waals surface area contributed by atoms with Gasteiger partial charge in [0.25, 0.3) is 11.5 Å². The van der Waals surface area contributed by atoms with E-state index in [9.17, 15) is 18.4 Å². The number of hydroxylamine groups is 1. The van der Waals surface area contributed by atoms with Crippen molar-refractivity contribution in [1.82, 2.24) is 10.0 Å². The minimum atomic E-state index is -1.20. The first-order valence-electron chi connectivity index (χ1n) is 6.60. The predicted molar refractivity (Wildman–Crippen MR) is 80.5 cm³/mol. The van der Waals surface area contributed by atoms with Gasteiger partial charge in [0.2, 0.25) is 5.82 Å². The number of nitrogens with zero attached hydrogens (tertiary/aromatic N) is 1. The molecule has 0 aliphatic rings. The third kappa shape index (κ3) is 3.37. The van der Waals surface area contributed by atoms with Crippen LogP contribution >= 0.6 is 0 Å². The van der Waals surface area contributed by atoms with Crippen molar-refractivity contribution >= 4 is 17.3 Å². The van der Waals surface area contributed by atoms with Crippen LogP contribution in [0.2, 0.25) is 0 Å². The van der Waals surface area contributed by atoms with E-state index >= 15 is 0 Å². The van der Waals surface area contributed by atoms with Crippen LogP contribution in [0.25, 0.3) is 0 Å². The van der Waals surface area contributed by atoms with Crippen LogP contribution in [0.1, 0.15) is 15.9 Å². The molecule has 23 heavy (non-hydrogen) atoms. The molecule has 1 aromatic carbocycles. The number of carbonyl (C=O) groups is 1. The Labute approximate surface area is 130 Å². The highest BCUT2D eigenvalue weighted by atomic mass is 19.1. The Balaban J connectivity index is 2.57. The maximum atomic E-state index is 14.3. The van der Waals surface area contributed by atoms with Crippen molar-refractivity contribution in [3.8, 4) is 0 Å². The average molecular weight is 323 g/mol. The number of amides is 1. The molecule has 2 N–H and O–H groups in total. The molecule has 1 amide bonds. The van der Waals surface area contributed by atoms with E-state index in [2.05, 4.69) is 10.2 Å². The number of halogens is 2. The molecule has 0 atom stereocenters. The molecule has 1 aromatic heterocycles. The molecule has 0 fully saturated rings. The number of rotatable bonds is 4. The first-order valence-corrected chi connectivity index (χ1v) is 6.60. The number of pyridine rings is 1. The van der Waals surface area contributed by atoms with Crippen molar-refractivity contribution in [1.29, 1.82) is 0 Å². The summed E-state index contributed by atoms with van der Waals surface area (Å²) in [6.45, 7) is 1.70. The summed E-state index contributed by atoms with van der Waals surface area (Å²) < 4.78 is 29.1. The largest absolute Gasteiger partial charge is 0.350 e. The predicted octanol–water partition coefficient (Wildman–Crippen LogP) is 2.01. The Morgan fingerprint density at radius 2 is 2.00 bits per heavy atom. The van der Waals surface area contributed by atoms with E-state index in [0.29, 0.717) is 5.56 Å². The molecule has 0 saturated heterocycles. The van der Waals surface area contributed by atoms with E-state index in [1.807, 2.05) is 5.48 Å². The smallest absolute Gasteiger partial charge is 0.288 e. The van der Waals surface area contributed by atoms with Gasteiger partial charge in [0, 0.05) is 13.2 Å². The lowest BCUT2D eigenvalue weighted by Crippen LogP contribution is -2.29. The number of anilines is 2. The van der Waals surface area contributed by atoms with Gasteiger partial charge in [-0.3, -0.25) is 14.4 Å². The van der Waals surface area contributed by atoms with Gasteiger partial charge in [-0.05, 0) is 24.6 Å². The van der Waals surface area contributed by atoms with Crippen LogP contribution < -0.4 is 16.4 Å². The number of benzene rings is 1. The van der Waals surface area contributed by atoms with Crippen molar-refractivity contribution in [3.63, 3.8) is 0 Å². The second-order valence-corrected chi connectivity index (χ2v) is 4.89. The molecule has 8 heteroatoms. The molecule has 122 valence electrons. The number of hydrogen-bond donors (Lipinski definition) is 2. The zero-order valence-corrected chi connectivity index (χ0v) is 12.7. The lowest BCUT2D eigenvalue weighted by Gasteiger charge is -2.14. The molecule has 0 unspecified atom stereocenters. The van der Waals surface area contributed by atoms with E-state index in [-0.39, 0.29) is 11.3 Å². The van der Waals surface area contributed by atoms with Gasteiger partial charge in [-0.1, -0.05) is 6.07 Å². The van der Waals surface area contributed by atoms with Crippen LogP contribution in [-0.4, -0.2) is 17.6 Å². The first kappa shape index (κ1) is 16.6. The van der Waals surface area contributed by atoms with E-state index in [4.69, 9.17) is 0 Å². The van der Waals surface area contributed by atoms with Crippen molar-refractivity contribution in [2.45, 2.75) is 6.92 Å². The summed E-state index contributed by atoms with van der Waals surface area (Å²) in [6, 6.07) is 4.25. The first-order chi connectivity index (χ1) is 10.8. The van der Waals surface area contributed by atoms with Crippen LogP contribution in [0.3, 0.4) is 0 Å². The van der Waals surface area contributed by atoms with Crippen molar-refractivity contribution in [3.05, 3.63) is 57.5 Å². The SMILES string of the molecule is CONC(=O)c1cn(C)c(=O)c(F)c1Nc1ccc(C)cc1F. The van der Waals surface area contributed by atoms with Gasteiger partial charge in [0.05, 0.1) is 24.0 Å². The Kier molecular flexibility index (Phi) is 4.75. The van der Waals surface area contributed by atoms with Gasteiger partial charge in [-0.2, -0.15) is 4.39 Å². The summed E-state index contributed by atoms with van der Waals surface area (Å²) >= 11 is 0. The zero-order chi connectivity index (χ0) is 17.1. The molecular formula is C15H15F2N3O3. The topological polar surface area (TPSA) is 72.4 Å². The Morgan fingerprint density at radius 3 is 2.61 bits per heavy atom. The fourth-order valence-corrected chi connectivity index (χ4v) is 2.00. The van der Waals surface area contributed by atoms with Gasteiger partial charge in [-0.25, -0.2) is 9.87 Å². The second kappa shape index (κ2) is 6.57. The van der Waals surface area contributed by atoms with Crippen LogP contribution in [0, 0.1) is 18.6 Å². The number of hydrogen-bond acceptors (Lipinski definition) is 4. The number of carbonyl (C=O) groups excluding carboxylic acids is 1. The molecule has 0 aliphatic heterocycles. The molecule has 2 aromatic rings. The Bertz CT molecular complexity index is 818. The van der Waals surface area contributed by atoms with Crippen molar-refractivity contribution in [2.24, 2.45) is 7.05 Å².